The molecule has 2 amide bonds. The number of nitrogens with one attached hydrogen (secondary N) is 1. The topological polar surface area (TPSA) is 49.4 Å². The van der Waals surface area contributed by atoms with Crippen LogP contribution in [0.4, 0.5) is 5.69 Å². The molecular formula is C18H19ClN2O2. The molecule has 0 spiro atoms. The van der Waals surface area contributed by atoms with E-state index in [1.807, 2.05) is 25.1 Å². The van der Waals surface area contributed by atoms with Crippen LogP contribution in [-0.4, -0.2) is 24.9 Å². The van der Waals surface area contributed by atoms with Crippen LogP contribution in [0.2, 0.25) is 5.02 Å². The van der Waals surface area contributed by atoms with Gasteiger partial charge >= 0.3 is 0 Å². The van der Waals surface area contributed by atoms with E-state index in [4.69, 9.17) is 11.6 Å². The maximum Gasteiger partial charge on any atom is 0.251 e. The molecule has 0 fully saturated rings. The van der Waals surface area contributed by atoms with E-state index in [0.29, 0.717) is 23.7 Å². The van der Waals surface area contributed by atoms with Crippen molar-refractivity contribution < 1.29 is 9.59 Å². The van der Waals surface area contributed by atoms with Gasteiger partial charge in [-0.15, -0.1) is 0 Å². The minimum atomic E-state index is -0.145. The number of amides is 2. The lowest BCUT2D eigenvalue weighted by atomic mass is 10.1. The van der Waals surface area contributed by atoms with Gasteiger partial charge in [-0.25, -0.2) is 0 Å². The Hall–Kier alpha value is -2.33. The fraction of sp³-hybridized carbons (Fsp3) is 0.222. The van der Waals surface area contributed by atoms with Crippen LogP contribution in [0.3, 0.4) is 0 Å². The molecule has 0 aliphatic rings. The van der Waals surface area contributed by atoms with E-state index in [9.17, 15) is 9.59 Å². The van der Waals surface area contributed by atoms with Crippen LogP contribution in [-0.2, 0) is 4.79 Å². The fourth-order valence-corrected chi connectivity index (χ4v) is 2.38. The first-order valence-electron chi connectivity index (χ1n) is 7.36. The molecule has 0 radical (unpaired) electrons. The molecule has 0 atom stereocenters. The second kappa shape index (κ2) is 7.79. The average molecular weight is 331 g/mol. The number of benzene rings is 2. The average Bonchev–Trinajstić information content (AvgIpc) is 2.52. The van der Waals surface area contributed by atoms with Gasteiger partial charge in [0.2, 0.25) is 5.91 Å². The van der Waals surface area contributed by atoms with Crippen molar-refractivity contribution in [2.75, 3.05) is 18.0 Å². The summed E-state index contributed by atoms with van der Waals surface area (Å²) in [5.41, 5.74) is 2.40. The van der Waals surface area contributed by atoms with E-state index in [1.165, 1.54) is 6.92 Å². The number of carbonyl (C=O) groups is 2. The van der Waals surface area contributed by atoms with Gasteiger partial charge in [-0.3, -0.25) is 9.59 Å². The van der Waals surface area contributed by atoms with Crippen molar-refractivity contribution in [3.63, 3.8) is 0 Å². The number of hydrogen-bond acceptors (Lipinski definition) is 2. The van der Waals surface area contributed by atoms with Crippen LogP contribution >= 0.6 is 11.6 Å². The van der Waals surface area contributed by atoms with E-state index >= 15 is 0 Å². The van der Waals surface area contributed by atoms with Crippen LogP contribution in [0.5, 0.6) is 0 Å². The summed E-state index contributed by atoms with van der Waals surface area (Å²) in [5, 5.41) is 3.45. The monoisotopic (exact) mass is 330 g/mol. The van der Waals surface area contributed by atoms with Crippen LogP contribution in [0, 0.1) is 6.92 Å². The molecule has 2 aromatic rings. The molecule has 2 rings (SSSR count). The largest absolute Gasteiger partial charge is 0.350 e. The van der Waals surface area contributed by atoms with Crippen molar-refractivity contribution in [2.24, 2.45) is 0 Å². The summed E-state index contributed by atoms with van der Waals surface area (Å²) in [6.07, 6.45) is 0. The second-order valence-electron chi connectivity index (χ2n) is 5.27. The van der Waals surface area contributed by atoms with Crippen molar-refractivity contribution in [2.45, 2.75) is 13.8 Å². The third kappa shape index (κ3) is 4.83. The van der Waals surface area contributed by atoms with Crippen molar-refractivity contribution in [3.8, 4) is 0 Å². The first-order valence-corrected chi connectivity index (χ1v) is 7.73. The molecule has 0 aromatic heterocycles. The SMILES string of the molecule is CC(=O)N(CCNC(=O)c1cccc(C)c1)c1ccc(Cl)cc1. The highest BCUT2D eigenvalue weighted by molar-refractivity contribution is 6.30. The maximum atomic E-state index is 12.1. The summed E-state index contributed by atoms with van der Waals surface area (Å²) in [6.45, 7) is 4.20. The number of nitrogens with zero attached hydrogens (tertiary/aromatic N) is 1. The van der Waals surface area contributed by atoms with Crippen LogP contribution < -0.4 is 10.2 Å². The van der Waals surface area contributed by atoms with Crippen molar-refractivity contribution >= 4 is 29.1 Å². The van der Waals surface area contributed by atoms with E-state index in [1.54, 1.807) is 35.2 Å². The summed E-state index contributed by atoms with van der Waals surface area (Å²) in [5.74, 6) is -0.231. The molecule has 0 aliphatic heterocycles. The molecule has 2 aromatic carbocycles. The number of rotatable bonds is 5. The van der Waals surface area contributed by atoms with Crippen LogP contribution in [0.25, 0.3) is 0 Å². The van der Waals surface area contributed by atoms with Gasteiger partial charge in [0.25, 0.3) is 5.91 Å². The van der Waals surface area contributed by atoms with Gasteiger partial charge in [-0.1, -0.05) is 29.3 Å². The summed E-state index contributed by atoms with van der Waals surface area (Å²) >= 11 is 5.86. The molecule has 5 heteroatoms. The first-order chi connectivity index (χ1) is 11.0. The summed E-state index contributed by atoms with van der Waals surface area (Å²) < 4.78 is 0. The zero-order valence-corrected chi connectivity index (χ0v) is 13.9. The highest BCUT2D eigenvalue weighted by atomic mass is 35.5. The molecule has 0 aliphatic carbocycles. The Kier molecular flexibility index (Phi) is 5.77. The maximum absolute atomic E-state index is 12.1. The van der Waals surface area contributed by atoms with Gasteiger partial charge < -0.3 is 10.2 Å². The molecule has 0 unspecified atom stereocenters. The lowest BCUT2D eigenvalue weighted by Gasteiger charge is -2.21. The van der Waals surface area contributed by atoms with E-state index < -0.39 is 0 Å². The van der Waals surface area contributed by atoms with Gasteiger partial charge in [0, 0.05) is 36.3 Å². The summed E-state index contributed by atoms with van der Waals surface area (Å²) in [4.78, 5) is 25.5. The number of hydrogen-bond donors (Lipinski definition) is 1. The lowest BCUT2D eigenvalue weighted by molar-refractivity contribution is -0.116. The van der Waals surface area contributed by atoms with Gasteiger partial charge in [-0.2, -0.15) is 0 Å². The van der Waals surface area contributed by atoms with Crippen molar-refractivity contribution in [3.05, 3.63) is 64.7 Å². The standard InChI is InChI=1S/C18H19ClN2O2/c1-13-4-3-5-15(12-13)18(23)20-10-11-21(14(2)22)17-8-6-16(19)7-9-17/h3-9,12H,10-11H2,1-2H3,(H,20,23). The predicted octanol–water partition coefficient (Wildman–Crippen LogP) is 3.43. The van der Waals surface area contributed by atoms with Crippen LogP contribution in [0.1, 0.15) is 22.8 Å². The number of aryl methyl sites for hydroxylation is 1. The Labute approximate surface area is 141 Å². The Balaban J connectivity index is 1.96. The van der Waals surface area contributed by atoms with Gasteiger partial charge in [0.15, 0.2) is 0 Å². The zero-order valence-electron chi connectivity index (χ0n) is 13.2. The van der Waals surface area contributed by atoms with Gasteiger partial charge in [0.05, 0.1) is 0 Å². The van der Waals surface area contributed by atoms with E-state index in [0.717, 1.165) is 11.3 Å². The third-order valence-corrected chi connectivity index (χ3v) is 3.67. The minimum Gasteiger partial charge on any atom is -0.350 e. The molecule has 1 N–H and O–H groups in total. The Morgan fingerprint density at radius 3 is 2.43 bits per heavy atom. The fourth-order valence-electron chi connectivity index (χ4n) is 2.26. The Morgan fingerprint density at radius 1 is 1.13 bits per heavy atom. The number of carbonyl (C=O) groups excluding carboxylic acids is 2. The number of anilines is 1. The minimum absolute atomic E-state index is 0.0860. The molecule has 4 nitrogen and oxygen atoms in total. The van der Waals surface area contributed by atoms with Gasteiger partial charge in [0.1, 0.15) is 0 Å². The quantitative estimate of drug-likeness (QED) is 0.913. The van der Waals surface area contributed by atoms with Crippen molar-refractivity contribution in [1.82, 2.24) is 5.32 Å². The first kappa shape index (κ1) is 17.0. The lowest BCUT2D eigenvalue weighted by Crippen LogP contribution is -2.37. The predicted molar refractivity (Wildman–Crippen MR) is 93.0 cm³/mol. The number of halogens is 1. The normalized spacial score (nSPS) is 10.2. The summed E-state index contributed by atoms with van der Waals surface area (Å²) in [6, 6.07) is 14.4. The highest BCUT2D eigenvalue weighted by Crippen LogP contribution is 2.17. The third-order valence-electron chi connectivity index (χ3n) is 3.42. The molecule has 0 saturated heterocycles. The molecule has 0 heterocycles. The second-order valence-corrected chi connectivity index (χ2v) is 5.71. The molecule has 0 bridgehead atoms. The van der Waals surface area contributed by atoms with Crippen LogP contribution in [0.15, 0.2) is 48.5 Å². The molecular weight excluding hydrogens is 312 g/mol. The Morgan fingerprint density at radius 2 is 1.83 bits per heavy atom. The smallest absolute Gasteiger partial charge is 0.251 e. The van der Waals surface area contributed by atoms with E-state index in [2.05, 4.69) is 5.32 Å². The van der Waals surface area contributed by atoms with E-state index in [-0.39, 0.29) is 11.8 Å². The van der Waals surface area contributed by atoms with Gasteiger partial charge in [-0.05, 0) is 43.3 Å². The molecule has 23 heavy (non-hydrogen) atoms. The van der Waals surface area contributed by atoms with Crippen molar-refractivity contribution in [1.29, 1.82) is 0 Å². The zero-order chi connectivity index (χ0) is 16.8. The Bertz CT molecular complexity index is 698. The highest BCUT2D eigenvalue weighted by Gasteiger charge is 2.12. The molecule has 0 saturated carbocycles. The molecule has 120 valence electrons. The summed E-state index contributed by atoms with van der Waals surface area (Å²) in [7, 11) is 0.